The van der Waals surface area contributed by atoms with Crippen molar-refractivity contribution in [1.29, 1.82) is 0 Å². The van der Waals surface area contributed by atoms with E-state index in [0.717, 1.165) is 16.6 Å². The highest BCUT2D eigenvalue weighted by atomic mass is 35.5. The van der Waals surface area contributed by atoms with Crippen molar-refractivity contribution in [2.75, 3.05) is 6.61 Å². The average Bonchev–Trinajstić information content (AvgIpc) is 3.01. The van der Waals surface area contributed by atoms with E-state index in [1.807, 2.05) is 29.0 Å². The first-order valence-corrected chi connectivity index (χ1v) is 8.87. The molecule has 2 aromatic heterocycles. The molecule has 2 heterocycles. The first-order valence-electron chi connectivity index (χ1n) is 8.50. The van der Waals surface area contributed by atoms with Crippen LogP contribution in [0.2, 0.25) is 5.02 Å². The van der Waals surface area contributed by atoms with Crippen LogP contribution in [0.5, 0.6) is 0 Å². The number of carbonyl (C=O) groups is 2. The largest absolute Gasteiger partial charge is 0.466 e. The van der Waals surface area contributed by atoms with Crippen molar-refractivity contribution in [2.45, 2.75) is 26.2 Å². The summed E-state index contributed by atoms with van der Waals surface area (Å²) in [6.07, 6.45) is 6.22. The van der Waals surface area contributed by atoms with E-state index >= 15 is 0 Å². The maximum atomic E-state index is 12.7. The van der Waals surface area contributed by atoms with E-state index in [-0.39, 0.29) is 24.6 Å². The van der Waals surface area contributed by atoms with Crippen LogP contribution in [-0.2, 0) is 9.53 Å². The van der Waals surface area contributed by atoms with Crippen molar-refractivity contribution >= 4 is 34.3 Å². The summed E-state index contributed by atoms with van der Waals surface area (Å²) < 4.78 is 6.83. The molecule has 134 valence electrons. The minimum atomic E-state index is -0.277. The Bertz CT molecular complexity index is 935. The lowest BCUT2D eigenvalue weighted by Crippen LogP contribution is -2.05. The predicted octanol–water partition coefficient (Wildman–Crippen LogP) is 4.60. The number of aromatic nitrogens is 2. The van der Waals surface area contributed by atoms with Crippen molar-refractivity contribution in [1.82, 2.24) is 9.55 Å². The third kappa shape index (κ3) is 3.94. The van der Waals surface area contributed by atoms with E-state index in [4.69, 9.17) is 16.3 Å². The van der Waals surface area contributed by atoms with Gasteiger partial charge in [0, 0.05) is 41.2 Å². The number of pyridine rings is 1. The predicted molar refractivity (Wildman–Crippen MR) is 101 cm³/mol. The lowest BCUT2D eigenvalue weighted by atomic mass is 10.0. The van der Waals surface area contributed by atoms with Gasteiger partial charge in [-0.25, -0.2) is 0 Å². The van der Waals surface area contributed by atoms with E-state index in [1.165, 1.54) is 0 Å². The molecule has 6 heteroatoms. The molecule has 0 saturated carbocycles. The molecule has 0 atom stereocenters. The molecule has 0 aliphatic rings. The van der Waals surface area contributed by atoms with Crippen molar-refractivity contribution in [3.63, 3.8) is 0 Å². The number of ether oxygens (including phenoxy) is 1. The molecule has 0 saturated heterocycles. The van der Waals surface area contributed by atoms with Crippen molar-refractivity contribution in [2.24, 2.45) is 0 Å². The molecular formula is C20H19ClN2O3. The summed E-state index contributed by atoms with van der Waals surface area (Å²) in [6, 6.07) is 9.25. The quantitative estimate of drug-likeness (QED) is 0.450. The van der Waals surface area contributed by atoms with Crippen LogP contribution in [0.4, 0.5) is 0 Å². The van der Waals surface area contributed by atoms with Crippen LogP contribution < -0.4 is 0 Å². The first kappa shape index (κ1) is 18.1. The molecule has 0 fully saturated rings. The molecule has 0 aliphatic heterocycles. The molecule has 5 nitrogen and oxygen atoms in total. The fraction of sp³-hybridized carbons (Fsp3) is 0.250. The Morgan fingerprint density at radius 2 is 2.08 bits per heavy atom. The standard InChI is InChI=1S/C20H19ClN2O3/c1-2-26-20(25)7-3-6-19(24)17-13-23(15-5-4-10-22-12-15)18-9-8-14(21)11-16(17)18/h4-5,8-13H,2-3,6-7H2,1H3. The molecule has 3 aromatic rings. The van der Waals surface area contributed by atoms with Crippen LogP contribution in [0, 0.1) is 0 Å². The number of hydrogen-bond donors (Lipinski definition) is 0. The monoisotopic (exact) mass is 370 g/mol. The molecule has 1 aromatic carbocycles. The van der Waals surface area contributed by atoms with E-state index in [9.17, 15) is 9.59 Å². The minimum Gasteiger partial charge on any atom is -0.466 e. The van der Waals surface area contributed by atoms with Crippen molar-refractivity contribution in [3.05, 3.63) is 59.5 Å². The number of ketones is 1. The van der Waals surface area contributed by atoms with Gasteiger partial charge in [-0.1, -0.05) is 11.6 Å². The molecule has 0 amide bonds. The van der Waals surface area contributed by atoms with Crippen LogP contribution in [-0.4, -0.2) is 27.9 Å². The summed E-state index contributed by atoms with van der Waals surface area (Å²) in [5, 5.41) is 1.37. The van der Waals surface area contributed by atoms with Crippen LogP contribution in [0.25, 0.3) is 16.6 Å². The SMILES string of the molecule is CCOC(=O)CCCC(=O)c1cn(-c2cccnc2)c2ccc(Cl)cc12. The fourth-order valence-electron chi connectivity index (χ4n) is 2.90. The number of rotatable bonds is 7. The first-order chi connectivity index (χ1) is 12.6. The molecule has 0 unspecified atom stereocenters. The van der Waals surface area contributed by atoms with Gasteiger partial charge in [-0.15, -0.1) is 0 Å². The number of Topliss-reactive ketones (excluding diaryl/α,β-unsaturated/α-hetero) is 1. The van der Waals surface area contributed by atoms with Crippen LogP contribution >= 0.6 is 11.6 Å². The highest BCUT2D eigenvalue weighted by Gasteiger charge is 2.17. The molecule has 0 bridgehead atoms. The van der Waals surface area contributed by atoms with Gasteiger partial charge in [0.25, 0.3) is 0 Å². The zero-order valence-corrected chi connectivity index (χ0v) is 15.2. The summed E-state index contributed by atoms with van der Waals surface area (Å²) in [4.78, 5) is 28.3. The highest BCUT2D eigenvalue weighted by Crippen LogP contribution is 2.28. The lowest BCUT2D eigenvalue weighted by Gasteiger charge is -2.03. The maximum Gasteiger partial charge on any atom is 0.305 e. The molecule has 3 rings (SSSR count). The Morgan fingerprint density at radius 1 is 1.23 bits per heavy atom. The van der Waals surface area contributed by atoms with Crippen molar-refractivity contribution in [3.8, 4) is 5.69 Å². The smallest absolute Gasteiger partial charge is 0.305 e. The van der Waals surface area contributed by atoms with Gasteiger partial charge < -0.3 is 9.30 Å². The highest BCUT2D eigenvalue weighted by molar-refractivity contribution is 6.31. The van der Waals surface area contributed by atoms with E-state index < -0.39 is 0 Å². The molecule has 0 spiro atoms. The third-order valence-electron chi connectivity index (χ3n) is 4.08. The molecular weight excluding hydrogens is 352 g/mol. The van der Waals surface area contributed by atoms with Gasteiger partial charge in [-0.2, -0.15) is 0 Å². The molecule has 26 heavy (non-hydrogen) atoms. The Balaban J connectivity index is 1.89. The minimum absolute atomic E-state index is 0.0239. The number of benzene rings is 1. The van der Waals surface area contributed by atoms with Gasteiger partial charge in [0.2, 0.25) is 0 Å². The summed E-state index contributed by atoms with van der Waals surface area (Å²) >= 11 is 6.14. The number of esters is 1. The summed E-state index contributed by atoms with van der Waals surface area (Å²) in [6.45, 7) is 2.12. The second-order valence-corrected chi connectivity index (χ2v) is 6.30. The Labute approximate surface area is 156 Å². The number of hydrogen-bond acceptors (Lipinski definition) is 4. The topological polar surface area (TPSA) is 61.2 Å². The molecule has 0 aliphatic carbocycles. The Morgan fingerprint density at radius 3 is 2.81 bits per heavy atom. The summed E-state index contributed by atoms with van der Waals surface area (Å²) in [5.41, 5.74) is 2.34. The molecule has 0 radical (unpaired) electrons. The van der Waals surface area contributed by atoms with Gasteiger partial charge in [-0.05, 0) is 43.7 Å². The van der Waals surface area contributed by atoms with Crippen LogP contribution in [0.3, 0.4) is 0 Å². The Kier molecular flexibility index (Phi) is 5.68. The zero-order chi connectivity index (χ0) is 18.5. The van der Waals surface area contributed by atoms with Gasteiger partial charge in [-0.3, -0.25) is 14.6 Å². The number of carbonyl (C=O) groups excluding carboxylic acids is 2. The third-order valence-corrected chi connectivity index (χ3v) is 4.32. The van der Waals surface area contributed by atoms with Gasteiger partial charge in [0.05, 0.1) is 24.0 Å². The van der Waals surface area contributed by atoms with Gasteiger partial charge >= 0.3 is 5.97 Å². The summed E-state index contributed by atoms with van der Waals surface area (Å²) in [7, 11) is 0. The lowest BCUT2D eigenvalue weighted by molar-refractivity contribution is -0.143. The Hall–Kier alpha value is -2.66. The maximum absolute atomic E-state index is 12.7. The number of nitrogens with zero attached hydrogens (tertiary/aromatic N) is 2. The van der Waals surface area contributed by atoms with Crippen molar-refractivity contribution < 1.29 is 14.3 Å². The van der Waals surface area contributed by atoms with Gasteiger partial charge in [0.1, 0.15) is 0 Å². The number of fused-ring (bicyclic) bond motifs is 1. The van der Waals surface area contributed by atoms with Gasteiger partial charge in [0.15, 0.2) is 5.78 Å². The van der Waals surface area contributed by atoms with E-state index in [1.54, 1.807) is 31.5 Å². The number of halogens is 1. The zero-order valence-electron chi connectivity index (χ0n) is 14.4. The average molecular weight is 371 g/mol. The molecule has 0 N–H and O–H groups in total. The van der Waals surface area contributed by atoms with Crippen LogP contribution in [0.15, 0.2) is 48.9 Å². The summed E-state index contributed by atoms with van der Waals surface area (Å²) in [5.74, 6) is -0.301. The van der Waals surface area contributed by atoms with E-state index in [2.05, 4.69) is 4.98 Å². The second kappa shape index (κ2) is 8.15. The normalized spacial score (nSPS) is 10.8. The fourth-order valence-corrected chi connectivity index (χ4v) is 3.07. The van der Waals surface area contributed by atoms with E-state index in [0.29, 0.717) is 23.6 Å². The van der Waals surface area contributed by atoms with Crippen LogP contribution in [0.1, 0.15) is 36.5 Å². The second-order valence-electron chi connectivity index (χ2n) is 5.87.